The summed E-state index contributed by atoms with van der Waals surface area (Å²) < 4.78 is 18.5. The van der Waals surface area contributed by atoms with E-state index in [9.17, 15) is 4.39 Å². The van der Waals surface area contributed by atoms with Crippen LogP contribution in [0, 0.1) is 24.1 Å². The zero-order valence-corrected chi connectivity index (χ0v) is 10.0. The number of H-pyrrole nitrogens is 1. The van der Waals surface area contributed by atoms with Crippen LogP contribution in [-0.2, 0) is 0 Å². The second-order valence-electron chi connectivity index (χ2n) is 3.87. The standard InChI is InChI=1S/C13H12FN3O/c1-7-10(6-15)13(16)17-12(7)9-5-8(14)3-4-11(9)18-2/h3-5,17H,16H2,1-2H3. The Morgan fingerprint density at radius 3 is 2.72 bits per heavy atom. The lowest BCUT2D eigenvalue weighted by Gasteiger charge is -2.08. The van der Waals surface area contributed by atoms with Crippen molar-refractivity contribution < 1.29 is 9.13 Å². The van der Waals surface area contributed by atoms with Gasteiger partial charge in [-0.1, -0.05) is 0 Å². The SMILES string of the molecule is COc1ccc(F)cc1-c1[nH]c(N)c(C#N)c1C. The molecule has 0 aliphatic rings. The molecule has 0 atom stereocenters. The number of nitrogens with one attached hydrogen (secondary N) is 1. The van der Waals surface area contributed by atoms with Crippen molar-refractivity contribution in [3.8, 4) is 23.1 Å². The van der Waals surface area contributed by atoms with Crippen LogP contribution in [-0.4, -0.2) is 12.1 Å². The van der Waals surface area contributed by atoms with E-state index in [2.05, 4.69) is 4.98 Å². The Hall–Kier alpha value is -2.48. The Bertz CT molecular complexity index is 640. The van der Waals surface area contributed by atoms with Gasteiger partial charge in [-0.25, -0.2) is 4.39 Å². The van der Waals surface area contributed by atoms with Crippen LogP contribution in [0.3, 0.4) is 0 Å². The summed E-state index contributed by atoms with van der Waals surface area (Å²) in [7, 11) is 1.50. The number of nitrogens with zero attached hydrogens (tertiary/aromatic N) is 1. The van der Waals surface area contributed by atoms with Crippen LogP contribution in [0.5, 0.6) is 5.75 Å². The highest BCUT2D eigenvalue weighted by molar-refractivity contribution is 5.76. The van der Waals surface area contributed by atoms with Gasteiger partial charge >= 0.3 is 0 Å². The monoisotopic (exact) mass is 245 g/mol. The van der Waals surface area contributed by atoms with E-state index in [1.165, 1.54) is 25.3 Å². The van der Waals surface area contributed by atoms with Gasteiger partial charge in [0.25, 0.3) is 0 Å². The molecule has 0 radical (unpaired) electrons. The fourth-order valence-corrected chi connectivity index (χ4v) is 1.91. The van der Waals surface area contributed by atoms with E-state index in [-0.39, 0.29) is 11.6 Å². The van der Waals surface area contributed by atoms with E-state index in [4.69, 9.17) is 15.7 Å². The third-order valence-corrected chi connectivity index (χ3v) is 2.82. The van der Waals surface area contributed by atoms with Crippen LogP contribution >= 0.6 is 0 Å². The summed E-state index contributed by atoms with van der Waals surface area (Å²) in [5.74, 6) is 0.415. The molecule has 0 saturated carbocycles. The van der Waals surface area contributed by atoms with Crippen LogP contribution < -0.4 is 10.5 Å². The number of nitrogen functional groups attached to an aromatic ring is 1. The number of aromatic amines is 1. The minimum atomic E-state index is -0.378. The number of nitriles is 1. The number of aromatic nitrogens is 1. The first-order valence-electron chi connectivity index (χ1n) is 5.30. The van der Waals surface area contributed by atoms with Gasteiger partial charge in [0.2, 0.25) is 0 Å². The smallest absolute Gasteiger partial charge is 0.128 e. The zero-order chi connectivity index (χ0) is 13.3. The number of anilines is 1. The second-order valence-corrected chi connectivity index (χ2v) is 3.87. The second kappa shape index (κ2) is 4.41. The molecule has 2 rings (SSSR count). The number of benzene rings is 1. The summed E-state index contributed by atoms with van der Waals surface area (Å²) in [6, 6.07) is 6.21. The number of hydrogen-bond acceptors (Lipinski definition) is 3. The highest BCUT2D eigenvalue weighted by atomic mass is 19.1. The van der Waals surface area contributed by atoms with Gasteiger partial charge < -0.3 is 15.5 Å². The predicted octanol–water partition coefficient (Wildman–Crippen LogP) is 2.59. The van der Waals surface area contributed by atoms with Crippen LogP contribution in [0.1, 0.15) is 11.1 Å². The molecule has 3 N–H and O–H groups in total. The van der Waals surface area contributed by atoms with Crippen LogP contribution in [0.25, 0.3) is 11.3 Å². The molecule has 5 heteroatoms. The van der Waals surface area contributed by atoms with Gasteiger partial charge in [-0.15, -0.1) is 0 Å². The third kappa shape index (κ3) is 1.78. The van der Waals surface area contributed by atoms with Crippen molar-refractivity contribution in [3.05, 3.63) is 35.1 Å². The molecule has 0 amide bonds. The molecular formula is C13H12FN3O. The molecule has 0 bridgehead atoms. The maximum atomic E-state index is 13.3. The highest BCUT2D eigenvalue weighted by Crippen LogP contribution is 2.35. The minimum Gasteiger partial charge on any atom is -0.496 e. The van der Waals surface area contributed by atoms with E-state index in [1.807, 2.05) is 6.07 Å². The fourth-order valence-electron chi connectivity index (χ4n) is 1.91. The van der Waals surface area contributed by atoms with Gasteiger partial charge in [-0.05, 0) is 30.7 Å². The van der Waals surface area contributed by atoms with Crippen LogP contribution in [0.2, 0.25) is 0 Å². The van der Waals surface area contributed by atoms with E-state index in [0.717, 1.165) is 0 Å². The number of rotatable bonds is 2. The van der Waals surface area contributed by atoms with E-state index >= 15 is 0 Å². The van der Waals surface area contributed by atoms with Gasteiger partial charge in [0.15, 0.2) is 0 Å². The lowest BCUT2D eigenvalue weighted by molar-refractivity contribution is 0.415. The first-order valence-corrected chi connectivity index (χ1v) is 5.30. The van der Waals surface area contributed by atoms with Crippen molar-refractivity contribution in [2.24, 2.45) is 0 Å². The lowest BCUT2D eigenvalue weighted by atomic mass is 10.1. The molecular weight excluding hydrogens is 233 g/mol. The average molecular weight is 245 g/mol. The van der Waals surface area contributed by atoms with Crippen LogP contribution in [0.4, 0.5) is 10.2 Å². The summed E-state index contributed by atoms with van der Waals surface area (Å²) in [5, 5.41) is 8.99. The van der Waals surface area contributed by atoms with Gasteiger partial charge in [0.05, 0.1) is 18.4 Å². The molecule has 92 valence electrons. The van der Waals surface area contributed by atoms with Crippen molar-refractivity contribution >= 4 is 5.82 Å². The molecule has 18 heavy (non-hydrogen) atoms. The number of methoxy groups -OCH3 is 1. The molecule has 2 aromatic rings. The zero-order valence-electron chi connectivity index (χ0n) is 10.0. The number of nitrogens with two attached hydrogens (primary N) is 1. The highest BCUT2D eigenvalue weighted by Gasteiger charge is 2.16. The molecule has 1 aromatic heterocycles. The Morgan fingerprint density at radius 2 is 2.17 bits per heavy atom. The Balaban J connectivity index is 2.70. The van der Waals surface area contributed by atoms with Crippen molar-refractivity contribution in [1.82, 2.24) is 4.98 Å². The van der Waals surface area contributed by atoms with E-state index in [1.54, 1.807) is 6.92 Å². The molecule has 4 nitrogen and oxygen atoms in total. The van der Waals surface area contributed by atoms with E-state index < -0.39 is 0 Å². The maximum Gasteiger partial charge on any atom is 0.128 e. The minimum absolute atomic E-state index is 0.274. The molecule has 0 saturated heterocycles. The molecule has 0 aliphatic heterocycles. The largest absolute Gasteiger partial charge is 0.496 e. The van der Waals surface area contributed by atoms with Gasteiger partial charge in [0.1, 0.15) is 23.5 Å². The third-order valence-electron chi connectivity index (χ3n) is 2.82. The summed E-state index contributed by atoms with van der Waals surface area (Å²) in [5.41, 5.74) is 7.90. The quantitative estimate of drug-likeness (QED) is 0.853. The van der Waals surface area contributed by atoms with Crippen LogP contribution in [0.15, 0.2) is 18.2 Å². The summed E-state index contributed by atoms with van der Waals surface area (Å²) >= 11 is 0. The predicted molar refractivity (Wildman–Crippen MR) is 66.6 cm³/mol. The maximum absolute atomic E-state index is 13.3. The summed E-state index contributed by atoms with van der Waals surface area (Å²) in [6.45, 7) is 1.76. The van der Waals surface area contributed by atoms with Gasteiger partial charge in [-0.2, -0.15) is 5.26 Å². The topological polar surface area (TPSA) is 74.8 Å². The molecule has 1 aromatic carbocycles. The van der Waals surface area contributed by atoms with E-state index in [0.29, 0.717) is 28.1 Å². The molecule has 0 unspecified atom stereocenters. The van der Waals surface area contributed by atoms with Gasteiger partial charge in [-0.3, -0.25) is 0 Å². The Labute approximate surface area is 104 Å². The van der Waals surface area contributed by atoms with Crippen molar-refractivity contribution in [2.75, 3.05) is 12.8 Å². The summed E-state index contributed by atoms with van der Waals surface area (Å²) in [4.78, 5) is 2.89. The normalized spacial score (nSPS) is 10.1. The number of hydrogen-bond donors (Lipinski definition) is 2. The van der Waals surface area contributed by atoms with Crippen molar-refractivity contribution in [1.29, 1.82) is 5.26 Å². The Kier molecular flexibility index (Phi) is 2.94. The Morgan fingerprint density at radius 1 is 1.44 bits per heavy atom. The first kappa shape index (κ1) is 12.0. The number of halogens is 1. The molecule has 0 aliphatic carbocycles. The molecule has 0 fully saturated rings. The first-order chi connectivity index (χ1) is 8.58. The molecule has 1 heterocycles. The average Bonchev–Trinajstić information content (AvgIpc) is 2.64. The summed E-state index contributed by atoms with van der Waals surface area (Å²) in [6.07, 6.45) is 0. The lowest BCUT2D eigenvalue weighted by Crippen LogP contribution is -1.91. The fraction of sp³-hybridized carbons (Fsp3) is 0.154. The van der Waals surface area contributed by atoms with Crippen molar-refractivity contribution in [2.45, 2.75) is 6.92 Å². The van der Waals surface area contributed by atoms with Crippen molar-refractivity contribution in [3.63, 3.8) is 0 Å². The molecule has 0 spiro atoms. The van der Waals surface area contributed by atoms with Gasteiger partial charge in [0, 0.05) is 5.56 Å². The number of ether oxygens (including phenoxy) is 1.